The number of anilines is 1. The predicted octanol–water partition coefficient (Wildman–Crippen LogP) is 1.51. The summed E-state index contributed by atoms with van der Waals surface area (Å²) in [7, 11) is 0. The first-order valence-electron chi connectivity index (χ1n) is 9.23. The molecule has 0 unspecified atom stereocenters. The van der Waals surface area contributed by atoms with Gasteiger partial charge in [-0.05, 0) is 38.0 Å². The Morgan fingerprint density at radius 2 is 1.88 bits per heavy atom. The highest BCUT2D eigenvalue weighted by Gasteiger charge is 2.20. The Labute approximate surface area is 155 Å². The lowest BCUT2D eigenvalue weighted by Gasteiger charge is -2.36. The molecular weight excluding hydrogens is 326 g/mol. The minimum absolute atomic E-state index is 0.759. The third-order valence-electron chi connectivity index (χ3n) is 4.38. The van der Waals surface area contributed by atoms with E-state index >= 15 is 0 Å². The van der Waals surface area contributed by atoms with Gasteiger partial charge in [0.15, 0.2) is 5.96 Å². The molecule has 7 nitrogen and oxygen atoms in total. The maximum atomic E-state index is 4.81. The Balaban J connectivity index is 1.55. The number of guanidine groups is 1. The first-order valence-corrected chi connectivity index (χ1v) is 9.23. The number of rotatable bonds is 5. The molecule has 0 saturated carbocycles. The third-order valence-corrected chi connectivity index (χ3v) is 4.38. The second-order valence-corrected chi connectivity index (χ2v) is 6.32. The van der Waals surface area contributed by atoms with E-state index in [1.54, 1.807) is 12.4 Å². The summed E-state index contributed by atoms with van der Waals surface area (Å²) in [5.74, 6) is 1.79. The molecule has 3 rings (SSSR count). The van der Waals surface area contributed by atoms with E-state index in [9.17, 15) is 0 Å². The van der Waals surface area contributed by atoms with Crippen LogP contribution in [0.3, 0.4) is 0 Å². The largest absolute Gasteiger partial charge is 0.357 e. The first kappa shape index (κ1) is 18.1. The second kappa shape index (κ2) is 9.12. The second-order valence-electron chi connectivity index (χ2n) is 6.32. The van der Waals surface area contributed by atoms with Gasteiger partial charge < -0.3 is 15.1 Å². The molecule has 0 amide bonds. The van der Waals surface area contributed by atoms with Crippen LogP contribution in [0.4, 0.5) is 5.95 Å². The van der Waals surface area contributed by atoms with Crippen molar-refractivity contribution in [2.24, 2.45) is 4.99 Å². The molecule has 1 N–H and O–H groups in total. The van der Waals surface area contributed by atoms with Crippen LogP contribution in [-0.4, -0.2) is 65.1 Å². The summed E-state index contributed by atoms with van der Waals surface area (Å²) < 4.78 is 0. The van der Waals surface area contributed by atoms with Crippen molar-refractivity contribution in [3.8, 4) is 0 Å². The van der Waals surface area contributed by atoms with Gasteiger partial charge in [0, 0.05) is 63.6 Å². The fourth-order valence-corrected chi connectivity index (χ4v) is 2.94. The molecule has 0 aliphatic carbocycles. The van der Waals surface area contributed by atoms with Crippen LogP contribution in [0.15, 0.2) is 41.8 Å². The van der Waals surface area contributed by atoms with E-state index < -0.39 is 0 Å². The zero-order valence-electron chi connectivity index (χ0n) is 15.6. The van der Waals surface area contributed by atoms with E-state index in [-0.39, 0.29) is 0 Å². The lowest BCUT2D eigenvalue weighted by atomic mass is 10.2. The van der Waals surface area contributed by atoms with E-state index in [2.05, 4.69) is 49.1 Å². The van der Waals surface area contributed by atoms with Gasteiger partial charge in [-0.3, -0.25) is 9.98 Å². The molecule has 0 radical (unpaired) electrons. The third kappa shape index (κ3) is 4.91. The summed E-state index contributed by atoms with van der Waals surface area (Å²) >= 11 is 0. The Bertz CT molecular complexity index is 692. The zero-order valence-corrected chi connectivity index (χ0v) is 15.6. The van der Waals surface area contributed by atoms with Crippen molar-refractivity contribution < 1.29 is 0 Å². The predicted molar refractivity (Wildman–Crippen MR) is 104 cm³/mol. The van der Waals surface area contributed by atoms with Crippen molar-refractivity contribution in [3.63, 3.8) is 0 Å². The number of hydrogen-bond acceptors (Lipinski definition) is 5. The van der Waals surface area contributed by atoms with Gasteiger partial charge in [0.2, 0.25) is 5.95 Å². The normalized spacial score (nSPS) is 15.2. The average molecular weight is 353 g/mol. The Morgan fingerprint density at radius 3 is 2.54 bits per heavy atom. The number of nitrogens with zero attached hydrogens (tertiary/aromatic N) is 6. The zero-order chi connectivity index (χ0) is 18.2. The fraction of sp³-hybridized carbons (Fsp3) is 0.474. The molecule has 1 aliphatic heterocycles. The molecular formula is C19H27N7. The van der Waals surface area contributed by atoms with Crippen LogP contribution in [-0.2, 0) is 6.42 Å². The molecule has 0 atom stereocenters. The number of aromatic nitrogens is 3. The van der Waals surface area contributed by atoms with E-state index in [4.69, 9.17) is 4.99 Å². The van der Waals surface area contributed by atoms with Crippen molar-refractivity contribution >= 4 is 11.9 Å². The molecule has 1 saturated heterocycles. The first-order chi connectivity index (χ1) is 12.8. The van der Waals surface area contributed by atoms with Gasteiger partial charge in [0.05, 0.1) is 0 Å². The van der Waals surface area contributed by atoms with Crippen LogP contribution in [0.2, 0.25) is 0 Å². The molecule has 0 spiro atoms. The Kier molecular flexibility index (Phi) is 6.35. The molecule has 1 aliphatic rings. The Hall–Kier alpha value is -2.70. The maximum absolute atomic E-state index is 4.81. The van der Waals surface area contributed by atoms with Crippen molar-refractivity contribution in [1.29, 1.82) is 0 Å². The van der Waals surface area contributed by atoms with Gasteiger partial charge in [-0.1, -0.05) is 6.07 Å². The van der Waals surface area contributed by atoms with Gasteiger partial charge in [-0.2, -0.15) is 0 Å². The monoisotopic (exact) mass is 353 g/mol. The molecule has 0 aromatic carbocycles. The van der Waals surface area contributed by atoms with E-state index in [1.807, 2.05) is 19.2 Å². The molecule has 7 heteroatoms. The summed E-state index contributed by atoms with van der Waals surface area (Å²) in [5.41, 5.74) is 2.27. The van der Waals surface area contributed by atoms with Gasteiger partial charge in [0.1, 0.15) is 0 Å². The van der Waals surface area contributed by atoms with Crippen LogP contribution in [0.1, 0.15) is 18.2 Å². The minimum Gasteiger partial charge on any atom is -0.357 e. The van der Waals surface area contributed by atoms with Crippen LogP contribution < -0.4 is 10.2 Å². The highest BCUT2D eigenvalue weighted by atomic mass is 15.4. The summed E-state index contributed by atoms with van der Waals surface area (Å²) in [6.07, 6.45) is 6.43. The fourth-order valence-electron chi connectivity index (χ4n) is 2.94. The minimum atomic E-state index is 0.759. The summed E-state index contributed by atoms with van der Waals surface area (Å²) in [5, 5.41) is 3.41. The molecule has 1 fully saturated rings. The van der Waals surface area contributed by atoms with Gasteiger partial charge in [-0.15, -0.1) is 0 Å². The van der Waals surface area contributed by atoms with Gasteiger partial charge >= 0.3 is 0 Å². The van der Waals surface area contributed by atoms with Crippen LogP contribution in [0.25, 0.3) is 0 Å². The SMILES string of the molecule is CCNC(=NCCc1ccc(C)nc1)N1CCN(c2ncccn2)CC1. The van der Waals surface area contributed by atoms with Crippen LogP contribution in [0.5, 0.6) is 0 Å². The highest BCUT2D eigenvalue weighted by molar-refractivity contribution is 5.80. The van der Waals surface area contributed by atoms with Crippen molar-refractivity contribution in [3.05, 3.63) is 48.0 Å². The maximum Gasteiger partial charge on any atom is 0.225 e. The number of piperazine rings is 1. The van der Waals surface area contributed by atoms with Crippen molar-refractivity contribution in [2.75, 3.05) is 44.2 Å². The van der Waals surface area contributed by atoms with Gasteiger partial charge in [0.25, 0.3) is 0 Å². The summed E-state index contributed by atoms with van der Waals surface area (Å²) in [6, 6.07) is 6.03. The molecule has 3 heterocycles. The quantitative estimate of drug-likeness (QED) is 0.649. The van der Waals surface area contributed by atoms with Crippen molar-refractivity contribution in [1.82, 2.24) is 25.2 Å². The number of nitrogens with one attached hydrogen (secondary N) is 1. The van der Waals surface area contributed by atoms with E-state index in [0.29, 0.717) is 0 Å². The molecule has 0 bridgehead atoms. The average Bonchev–Trinajstić information content (AvgIpc) is 2.70. The van der Waals surface area contributed by atoms with E-state index in [0.717, 1.165) is 63.3 Å². The number of aryl methyl sites for hydroxylation is 1. The molecule has 138 valence electrons. The smallest absolute Gasteiger partial charge is 0.225 e. The summed E-state index contributed by atoms with van der Waals surface area (Å²) in [6.45, 7) is 9.36. The molecule has 26 heavy (non-hydrogen) atoms. The highest BCUT2D eigenvalue weighted by Crippen LogP contribution is 2.10. The van der Waals surface area contributed by atoms with Crippen LogP contribution in [0, 0.1) is 6.92 Å². The lowest BCUT2D eigenvalue weighted by molar-refractivity contribution is 0.370. The number of hydrogen-bond donors (Lipinski definition) is 1. The van der Waals surface area contributed by atoms with Crippen LogP contribution >= 0.6 is 0 Å². The van der Waals surface area contributed by atoms with Gasteiger partial charge in [-0.25, -0.2) is 9.97 Å². The molecule has 2 aromatic heterocycles. The standard InChI is InChI=1S/C19H27N7/c1-3-20-18(23-10-7-17-6-5-16(2)24-15-17)25-11-13-26(14-12-25)19-21-8-4-9-22-19/h4-6,8-9,15H,3,7,10-14H2,1-2H3,(H,20,23). The van der Waals surface area contributed by atoms with E-state index in [1.165, 1.54) is 5.56 Å². The number of aliphatic imine (C=N–C) groups is 1. The topological polar surface area (TPSA) is 69.5 Å². The van der Waals surface area contributed by atoms with Crippen molar-refractivity contribution in [2.45, 2.75) is 20.3 Å². The Morgan fingerprint density at radius 1 is 1.12 bits per heavy atom. The molecule has 2 aromatic rings. The lowest BCUT2D eigenvalue weighted by Crippen LogP contribution is -2.53. The number of pyridine rings is 1. The summed E-state index contributed by atoms with van der Waals surface area (Å²) in [4.78, 5) is 22.4.